The van der Waals surface area contributed by atoms with E-state index < -0.39 is 11.1 Å². The van der Waals surface area contributed by atoms with Gasteiger partial charge in [0.05, 0.1) is 12.1 Å². The van der Waals surface area contributed by atoms with Crippen LogP contribution in [0.2, 0.25) is 0 Å². The molecule has 1 aromatic carbocycles. The molecule has 31 heavy (non-hydrogen) atoms. The monoisotopic (exact) mass is 434 g/mol. The molecule has 0 atom stereocenters. The summed E-state index contributed by atoms with van der Waals surface area (Å²) in [6.45, 7) is 2.98. The Hall–Kier alpha value is -3.52. The molecule has 0 spiro atoms. The molecule has 0 aliphatic carbocycles. The number of aryl methyl sites for hydroxylation is 1. The molecule has 3 heterocycles. The van der Waals surface area contributed by atoms with Gasteiger partial charge in [-0.1, -0.05) is 18.2 Å². The molecule has 3 aromatic heterocycles. The molecule has 0 saturated heterocycles. The molecule has 1 amide bonds. The van der Waals surface area contributed by atoms with Crippen LogP contribution in [0.15, 0.2) is 69.7 Å². The molecule has 0 unspecified atom stereocenters. The molecule has 158 valence electrons. The van der Waals surface area contributed by atoms with E-state index in [1.54, 1.807) is 53.9 Å². The Labute approximate surface area is 182 Å². The van der Waals surface area contributed by atoms with Gasteiger partial charge in [0.2, 0.25) is 0 Å². The van der Waals surface area contributed by atoms with Gasteiger partial charge in [0.15, 0.2) is 5.65 Å². The quantitative estimate of drug-likeness (QED) is 0.453. The smallest absolute Gasteiger partial charge is 0.318 e. The largest absolute Gasteiger partial charge is 0.352 e. The topological polar surface area (TPSA) is 86.0 Å². The molecular formula is C23H22N4O3S. The Morgan fingerprint density at radius 1 is 1.03 bits per heavy atom. The summed E-state index contributed by atoms with van der Waals surface area (Å²) in [5, 5.41) is 4.94. The van der Waals surface area contributed by atoms with Crippen molar-refractivity contribution in [1.29, 1.82) is 0 Å². The number of benzene rings is 1. The molecule has 0 saturated carbocycles. The summed E-state index contributed by atoms with van der Waals surface area (Å²) in [6.07, 6.45) is 2.41. The number of nitrogens with one attached hydrogen (secondary N) is 1. The van der Waals surface area contributed by atoms with Crippen LogP contribution in [0.4, 0.5) is 0 Å². The van der Waals surface area contributed by atoms with Crippen LogP contribution in [0.1, 0.15) is 27.7 Å². The number of hydrogen-bond donors (Lipinski definition) is 1. The lowest BCUT2D eigenvalue weighted by Gasteiger charge is -2.13. The molecule has 0 aliphatic heterocycles. The van der Waals surface area contributed by atoms with Crippen LogP contribution in [0, 0.1) is 0 Å². The van der Waals surface area contributed by atoms with Gasteiger partial charge >= 0.3 is 11.1 Å². The number of nitrogens with zero attached hydrogens (tertiary/aromatic N) is 3. The highest BCUT2D eigenvalue weighted by atomic mass is 32.1. The number of thiophene rings is 1. The molecule has 0 radical (unpaired) electrons. The average molecular weight is 435 g/mol. The normalized spacial score (nSPS) is 11.0. The maximum absolute atomic E-state index is 12.7. The van der Waals surface area contributed by atoms with Crippen molar-refractivity contribution in [3.63, 3.8) is 0 Å². The summed E-state index contributed by atoms with van der Waals surface area (Å²) in [5.74, 6) is -0.138. The Bertz CT molecular complexity index is 1320. The highest BCUT2D eigenvalue weighted by molar-refractivity contribution is 7.09. The standard InChI is InChI=1S/C23H22N4O3S/c1-2-26-20-19(6-3-12-24-20)27(23(30)22(26)29)15-16-7-9-17(10-8-16)21(28)25-13-11-18-5-4-14-31-18/h3-10,12,14H,2,11,13,15H2,1H3,(H,25,28). The number of amides is 1. The summed E-state index contributed by atoms with van der Waals surface area (Å²) < 4.78 is 2.82. The fraction of sp³-hybridized carbons (Fsp3) is 0.217. The molecule has 0 bridgehead atoms. The van der Waals surface area contributed by atoms with E-state index >= 15 is 0 Å². The minimum atomic E-state index is -0.588. The Morgan fingerprint density at radius 2 is 1.81 bits per heavy atom. The van der Waals surface area contributed by atoms with Crippen LogP contribution in [0.25, 0.3) is 11.2 Å². The molecule has 8 heteroatoms. The summed E-state index contributed by atoms with van der Waals surface area (Å²) in [7, 11) is 0. The van der Waals surface area contributed by atoms with Crippen molar-refractivity contribution >= 4 is 28.4 Å². The summed E-state index contributed by atoms with van der Waals surface area (Å²) in [6, 6.07) is 14.6. The molecular weight excluding hydrogens is 412 g/mol. The first kappa shape index (κ1) is 20.7. The Morgan fingerprint density at radius 3 is 2.52 bits per heavy atom. The lowest BCUT2D eigenvalue weighted by atomic mass is 10.1. The van der Waals surface area contributed by atoms with Gasteiger partial charge in [-0.3, -0.25) is 23.5 Å². The van der Waals surface area contributed by atoms with Crippen LogP contribution in [-0.2, 0) is 19.5 Å². The van der Waals surface area contributed by atoms with E-state index in [-0.39, 0.29) is 12.5 Å². The third kappa shape index (κ3) is 4.34. The number of carbonyl (C=O) groups excluding carboxylic acids is 1. The Balaban J connectivity index is 1.52. The number of hydrogen-bond acceptors (Lipinski definition) is 5. The number of fused-ring (bicyclic) bond motifs is 1. The Kier molecular flexibility index (Phi) is 6.08. The molecule has 0 aliphatic rings. The predicted molar refractivity (Wildman–Crippen MR) is 122 cm³/mol. The summed E-state index contributed by atoms with van der Waals surface area (Å²) >= 11 is 1.67. The van der Waals surface area contributed by atoms with Gasteiger partial charge in [-0.2, -0.15) is 0 Å². The first-order valence-electron chi connectivity index (χ1n) is 10.1. The molecule has 4 aromatic rings. The summed E-state index contributed by atoms with van der Waals surface area (Å²) in [4.78, 5) is 43.1. The summed E-state index contributed by atoms with van der Waals surface area (Å²) in [5.41, 5.74) is 1.28. The zero-order valence-corrected chi connectivity index (χ0v) is 17.9. The van der Waals surface area contributed by atoms with E-state index in [0.29, 0.717) is 29.8 Å². The third-order valence-corrected chi connectivity index (χ3v) is 6.03. The van der Waals surface area contributed by atoms with E-state index in [9.17, 15) is 14.4 Å². The zero-order valence-electron chi connectivity index (χ0n) is 17.1. The van der Waals surface area contributed by atoms with Crippen LogP contribution < -0.4 is 16.4 Å². The van der Waals surface area contributed by atoms with Gasteiger partial charge in [0, 0.05) is 29.7 Å². The van der Waals surface area contributed by atoms with E-state index in [0.717, 1.165) is 12.0 Å². The third-order valence-electron chi connectivity index (χ3n) is 5.10. The highest BCUT2D eigenvalue weighted by Crippen LogP contribution is 2.12. The molecule has 1 N–H and O–H groups in total. The van der Waals surface area contributed by atoms with Crippen molar-refractivity contribution < 1.29 is 4.79 Å². The molecule has 0 fully saturated rings. The zero-order chi connectivity index (χ0) is 21.8. The van der Waals surface area contributed by atoms with Gasteiger partial charge in [-0.15, -0.1) is 11.3 Å². The van der Waals surface area contributed by atoms with E-state index in [1.165, 1.54) is 14.0 Å². The maximum atomic E-state index is 12.7. The first-order valence-corrected chi connectivity index (χ1v) is 10.9. The van der Waals surface area contributed by atoms with E-state index in [4.69, 9.17) is 0 Å². The van der Waals surface area contributed by atoms with Gasteiger partial charge < -0.3 is 5.32 Å². The number of pyridine rings is 1. The van der Waals surface area contributed by atoms with E-state index in [1.807, 2.05) is 24.4 Å². The molecule has 7 nitrogen and oxygen atoms in total. The lowest BCUT2D eigenvalue weighted by Crippen LogP contribution is -2.41. The van der Waals surface area contributed by atoms with E-state index in [2.05, 4.69) is 10.3 Å². The fourth-order valence-electron chi connectivity index (χ4n) is 3.49. The van der Waals surface area contributed by atoms with Crippen molar-refractivity contribution in [2.75, 3.05) is 6.54 Å². The SMILES string of the molecule is CCn1c(=O)c(=O)n(Cc2ccc(C(=O)NCCc3cccs3)cc2)c2cccnc21. The second-order valence-corrected chi connectivity index (χ2v) is 8.10. The number of carbonyl (C=O) groups is 1. The van der Waals surface area contributed by atoms with Crippen molar-refractivity contribution in [1.82, 2.24) is 19.4 Å². The molecule has 4 rings (SSSR count). The van der Waals surface area contributed by atoms with Crippen molar-refractivity contribution in [3.05, 3.63) is 96.8 Å². The first-order chi connectivity index (χ1) is 15.1. The fourth-order valence-corrected chi connectivity index (χ4v) is 4.20. The minimum absolute atomic E-state index is 0.138. The van der Waals surface area contributed by atoms with Crippen LogP contribution in [0.5, 0.6) is 0 Å². The second kappa shape index (κ2) is 9.09. The van der Waals surface area contributed by atoms with Crippen molar-refractivity contribution in [3.8, 4) is 0 Å². The van der Waals surface area contributed by atoms with Gasteiger partial charge in [-0.05, 0) is 54.6 Å². The van der Waals surface area contributed by atoms with Crippen LogP contribution in [-0.4, -0.2) is 26.6 Å². The van der Waals surface area contributed by atoms with Crippen molar-refractivity contribution in [2.45, 2.75) is 26.4 Å². The lowest BCUT2D eigenvalue weighted by molar-refractivity contribution is 0.0954. The van der Waals surface area contributed by atoms with Crippen molar-refractivity contribution in [2.24, 2.45) is 0 Å². The average Bonchev–Trinajstić information content (AvgIpc) is 3.31. The van der Waals surface area contributed by atoms with Crippen LogP contribution in [0.3, 0.4) is 0 Å². The number of aromatic nitrogens is 3. The minimum Gasteiger partial charge on any atom is -0.352 e. The van der Waals surface area contributed by atoms with Gasteiger partial charge in [0.1, 0.15) is 0 Å². The van der Waals surface area contributed by atoms with Gasteiger partial charge in [-0.25, -0.2) is 4.98 Å². The number of rotatable bonds is 7. The van der Waals surface area contributed by atoms with Gasteiger partial charge in [0.25, 0.3) is 5.91 Å². The highest BCUT2D eigenvalue weighted by Gasteiger charge is 2.13. The second-order valence-electron chi connectivity index (χ2n) is 7.07. The van der Waals surface area contributed by atoms with Crippen LogP contribution >= 0.6 is 11.3 Å². The predicted octanol–water partition coefficient (Wildman–Crippen LogP) is 2.66. The maximum Gasteiger partial charge on any atom is 0.318 e.